The van der Waals surface area contributed by atoms with Crippen LogP contribution in [0.1, 0.15) is 6.92 Å². The van der Waals surface area contributed by atoms with Crippen LogP contribution in [0.3, 0.4) is 0 Å². The maximum absolute atomic E-state index is 12.3. The van der Waals surface area contributed by atoms with Crippen LogP contribution in [0.2, 0.25) is 0 Å². The molecule has 1 aromatic heterocycles. The molecule has 1 heterocycles. The van der Waals surface area contributed by atoms with Gasteiger partial charge in [0.25, 0.3) is 0 Å². The molecule has 0 bridgehead atoms. The number of hydrogen-bond donors (Lipinski definition) is 1. The third kappa shape index (κ3) is 4.72. The summed E-state index contributed by atoms with van der Waals surface area (Å²) in [6.45, 7) is 2.66. The largest absolute Gasteiger partial charge is 0.490 e. The number of hydrogen-bond acceptors (Lipinski definition) is 7. The van der Waals surface area contributed by atoms with Gasteiger partial charge in [0.1, 0.15) is 0 Å². The fourth-order valence-corrected chi connectivity index (χ4v) is 3.52. The van der Waals surface area contributed by atoms with Crippen molar-refractivity contribution in [1.29, 1.82) is 0 Å². The van der Waals surface area contributed by atoms with Gasteiger partial charge >= 0.3 is 5.69 Å². The lowest BCUT2D eigenvalue weighted by Crippen LogP contribution is -2.14. The van der Waals surface area contributed by atoms with Crippen molar-refractivity contribution in [3.05, 3.63) is 58.6 Å². The van der Waals surface area contributed by atoms with Crippen LogP contribution in [0.5, 0.6) is 5.75 Å². The zero-order valence-corrected chi connectivity index (χ0v) is 16.7. The first kappa shape index (κ1) is 20.3. The SMILES string of the molecule is CCn1c(SCC(=O)Nc2ccc([N+](=O)[O-])c(OC)c2)nnc1-c1ccccc1. The summed E-state index contributed by atoms with van der Waals surface area (Å²) in [5.41, 5.74) is 1.21. The molecule has 29 heavy (non-hydrogen) atoms. The van der Waals surface area contributed by atoms with Crippen LogP contribution < -0.4 is 10.1 Å². The Bertz CT molecular complexity index is 1020. The number of nitro benzene ring substituents is 1. The first-order chi connectivity index (χ1) is 14.0. The van der Waals surface area contributed by atoms with Crippen molar-refractivity contribution >= 4 is 29.0 Å². The van der Waals surface area contributed by atoms with Gasteiger partial charge in [-0.25, -0.2) is 0 Å². The Morgan fingerprint density at radius 3 is 2.66 bits per heavy atom. The van der Waals surface area contributed by atoms with Crippen LogP contribution in [-0.2, 0) is 11.3 Å². The van der Waals surface area contributed by atoms with E-state index < -0.39 is 4.92 Å². The number of benzene rings is 2. The number of nitrogens with zero attached hydrogens (tertiary/aromatic N) is 4. The van der Waals surface area contributed by atoms with E-state index in [-0.39, 0.29) is 23.1 Å². The van der Waals surface area contributed by atoms with Gasteiger partial charge in [0.2, 0.25) is 5.91 Å². The van der Waals surface area contributed by atoms with Gasteiger partial charge < -0.3 is 14.6 Å². The highest BCUT2D eigenvalue weighted by atomic mass is 32.2. The van der Waals surface area contributed by atoms with Crippen LogP contribution in [0.4, 0.5) is 11.4 Å². The smallest absolute Gasteiger partial charge is 0.311 e. The number of carbonyl (C=O) groups is 1. The van der Waals surface area contributed by atoms with Crippen molar-refractivity contribution < 1.29 is 14.5 Å². The number of nitrogens with one attached hydrogen (secondary N) is 1. The van der Waals surface area contributed by atoms with Crippen molar-refractivity contribution in [2.24, 2.45) is 0 Å². The van der Waals surface area contributed by atoms with Gasteiger partial charge in [-0.3, -0.25) is 14.9 Å². The second kappa shape index (κ2) is 9.20. The summed E-state index contributed by atoms with van der Waals surface area (Å²) in [7, 11) is 1.34. The molecule has 0 aliphatic heterocycles. The first-order valence-electron chi connectivity index (χ1n) is 8.77. The van der Waals surface area contributed by atoms with Gasteiger partial charge in [-0.15, -0.1) is 10.2 Å². The lowest BCUT2D eigenvalue weighted by Gasteiger charge is -2.09. The number of aromatic nitrogens is 3. The number of ether oxygens (including phenoxy) is 1. The molecule has 0 spiro atoms. The predicted molar refractivity (Wildman–Crippen MR) is 110 cm³/mol. The number of thioether (sulfide) groups is 1. The topological polar surface area (TPSA) is 112 Å². The summed E-state index contributed by atoms with van der Waals surface area (Å²) in [6, 6.07) is 13.9. The molecule has 0 saturated heterocycles. The average Bonchev–Trinajstić information content (AvgIpc) is 3.15. The Balaban J connectivity index is 1.67. The monoisotopic (exact) mass is 413 g/mol. The fourth-order valence-electron chi connectivity index (χ4n) is 2.71. The second-order valence-electron chi connectivity index (χ2n) is 5.90. The van der Waals surface area contributed by atoms with E-state index in [9.17, 15) is 14.9 Å². The van der Waals surface area contributed by atoms with Crippen molar-refractivity contribution in [2.75, 3.05) is 18.2 Å². The summed E-state index contributed by atoms with van der Waals surface area (Å²) in [4.78, 5) is 22.7. The molecule has 0 unspecified atom stereocenters. The number of nitro groups is 1. The standard InChI is InChI=1S/C19H19N5O4S/c1-3-23-18(13-7-5-4-6-8-13)21-22-19(23)29-12-17(25)20-14-9-10-15(24(26)27)16(11-14)28-2/h4-11H,3,12H2,1-2H3,(H,20,25). The zero-order valence-electron chi connectivity index (χ0n) is 15.9. The molecule has 9 nitrogen and oxygen atoms in total. The molecule has 1 N–H and O–H groups in total. The van der Waals surface area contributed by atoms with Crippen LogP contribution in [0, 0.1) is 10.1 Å². The van der Waals surface area contributed by atoms with Gasteiger partial charge in [-0.05, 0) is 13.0 Å². The first-order valence-corrected chi connectivity index (χ1v) is 9.75. The maximum atomic E-state index is 12.3. The summed E-state index contributed by atoms with van der Waals surface area (Å²) < 4.78 is 6.96. The number of carbonyl (C=O) groups excluding carboxylic acids is 1. The van der Waals surface area contributed by atoms with Gasteiger partial charge in [0.15, 0.2) is 16.7 Å². The summed E-state index contributed by atoms with van der Waals surface area (Å²) in [6.07, 6.45) is 0. The molecule has 0 atom stereocenters. The van der Waals surface area contributed by atoms with Crippen LogP contribution in [0.15, 0.2) is 53.7 Å². The number of methoxy groups -OCH3 is 1. The minimum atomic E-state index is -0.540. The molecule has 1 amide bonds. The summed E-state index contributed by atoms with van der Waals surface area (Å²) >= 11 is 1.27. The highest BCUT2D eigenvalue weighted by molar-refractivity contribution is 7.99. The van der Waals surface area contributed by atoms with E-state index in [0.717, 1.165) is 11.4 Å². The van der Waals surface area contributed by atoms with Gasteiger partial charge in [0.05, 0.1) is 17.8 Å². The Morgan fingerprint density at radius 2 is 2.00 bits per heavy atom. The van der Waals surface area contributed by atoms with Crippen molar-refractivity contribution in [3.8, 4) is 17.1 Å². The molecule has 3 aromatic rings. The molecule has 3 rings (SSSR count). The Hall–Kier alpha value is -3.40. The van der Waals surface area contributed by atoms with Crippen LogP contribution in [-0.4, -0.2) is 38.5 Å². The maximum Gasteiger partial charge on any atom is 0.311 e. The Labute approximate surface area is 171 Å². The highest BCUT2D eigenvalue weighted by Gasteiger charge is 2.17. The Kier molecular flexibility index (Phi) is 6.45. The lowest BCUT2D eigenvalue weighted by atomic mass is 10.2. The Morgan fingerprint density at radius 1 is 1.24 bits per heavy atom. The molecule has 0 aliphatic rings. The number of rotatable bonds is 8. The van der Waals surface area contributed by atoms with E-state index in [4.69, 9.17) is 4.74 Å². The van der Waals surface area contributed by atoms with Crippen LogP contribution >= 0.6 is 11.8 Å². The van der Waals surface area contributed by atoms with Gasteiger partial charge in [-0.1, -0.05) is 42.1 Å². The molecule has 0 fully saturated rings. The number of amides is 1. The molecular weight excluding hydrogens is 394 g/mol. The molecule has 0 radical (unpaired) electrons. The van der Waals surface area contributed by atoms with E-state index in [1.807, 2.05) is 41.8 Å². The average molecular weight is 413 g/mol. The van der Waals surface area contributed by atoms with E-state index in [1.54, 1.807) is 0 Å². The molecule has 150 valence electrons. The molecule has 0 saturated carbocycles. The van der Waals surface area contributed by atoms with Crippen molar-refractivity contribution in [3.63, 3.8) is 0 Å². The highest BCUT2D eigenvalue weighted by Crippen LogP contribution is 2.30. The predicted octanol–water partition coefficient (Wildman–Crippen LogP) is 3.61. The normalized spacial score (nSPS) is 10.6. The lowest BCUT2D eigenvalue weighted by molar-refractivity contribution is -0.385. The minimum absolute atomic E-state index is 0.0821. The molecular formula is C19H19N5O4S. The van der Waals surface area contributed by atoms with Gasteiger partial charge in [-0.2, -0.15) is 0 Å². The third-order valence-electron chi connectivity index (χ3n) is 4.06. The van der Waals surface area contributed by atoms with Crippen molar-refractivity contribution in [1.82, 2.24) is 14.8 Å². The second-order valence-corrected chi connectivity index (χ2v) is 6.84. The third-order valence-corrected chi connectivity index (χ3v) is 5.02. The molecule has 2 aromatic carbocycles. The van der Waals surface area contributed by atoms with Gasteiger partial charge in [0, 0.05) is 29.9 Å². The van der Waals surface area contributed by atoms with E-state index in [2.05, 4.69) is 15.5 Å². The van der Waals surface area contributed by atoms with E-state index in [1.165, 1.54) is 37.1 Å². The van der Waals surface area contributed by atoms with Crippen LogP contribution in [0.25, 0.3) is 11.4 Å². The summed E-state index contributed by atoms with van der Waals surface area (Å²) in [5.74, 6) is 0.680. The van der Waals surface area contributed by atoms with Crippen molar-refractivity contribution in [2.45, 2.75) is 18.6 Å². The molecule has 0 aliphatic carbocycles. The zero-order chi connectivity index (χ0) is 20.8. The quantitative estimate of drug-likeness (QED) is 0.341. The minimum Gasteiger partial charge on any atom is -0.490 e. The number of anilines is 1. The van der Waals surface area contributed by atoms with E-state index in [0.29, 0.717) is 17.4 Å². The fraction of sp³-hybridized carbons (Fsp3) is 0.211. The van der Waals surface area contributed by atoms with E-state index >= 15 is 0 Å². The summed E-state index contributed by atoms with van der Waals surface area (Å²) in [5, 5.41) is 22.8. The molecule has 10 heteroatoms.